The molecule has 0 spiro atoms. The fourth-order valence-corrected chi connectivity index (χ4v) is 2.05. The molecule has 0 atom stereocenters. The molecule has 2 aromatic carbocycles. The van der Waals surface area contributed by atoms with E-state index in [2.05, 4.69) is 21.2 Å². The minimum Gasteiger partial charge on any atom is -0.321 e. The van der Waals surface area contributed by atoms with Crippen LogP contribution in [0.1, 0.15) is 10.4 Å². The predicted molar refractivity (Wildman–Crippen MR) is 80.2 cm³/mol. The number of amides is 1. The van der Waals surface area contributed by atoms with E-state index in [1.165, 1.54) is 24.3 Å². The number of nitro groups is 1. The smallest absolute Gasteiger partial charge is 0.269 e. The van der Waals surface area contributed by atoms with E-state index in [0.717, 1.165) is 4.47 Å². The maximum Gasteiger partial charge on any atom is 0.269 e. The number of hydrogen-bond donors (Lipinski definition) is 1. The lowest BCUT2D eigenvalue weighted by molar-refractivity contribution is -0.384. The summed E-state index contributed by atoms with van der Waals surface area (Å²) < 4.78 is 0.779. The summed E-state index contributed by atoms with van der Waals surface area (Å²) in [5.74, 6) is -0.389. The van der Waals surface area contributed by atoms with Crippen LogP contribution in [0.3, 0.4) is 0 Å². The number of nitro benzene ring substituents is 1. The highest BCUT2D eigenvalue weighted by Gasteiger charge is 2.11. The van der Waals surface area contributed by atoms with Crippen molar-refractivity contribution in [3.05, 3.63) is 67.6 Å². The van der Waals surface area contributed by atoms with Gasteiger partial charge in [-0.05, 0) is 30.3 Å². The van der Waals surface area contributed by atoms with Crippen LogP contribution in [0.4, 0.5) is 11.4 Å². The molecule has 0 saturated heterocycles. The fourth-order valence-electron chi connectivity index (χ4n) is 1.52. The molecule has 0 heterocycles. The molecule has 7 heteroatoms. The Balaban J connectivity index is 2.19. The Morgan fingerprint density at radius 1 is 1.20 bits per heavy atom. The van der Waals surface area contributed by atoms with E-state index in [9.17, 15) is 14.9 Å². The first-order valence-corrected chi connectivity index (χ1v) is 6.65. The molecule has 0 aliphatic heterocycles. The summed E-state index contributed by atoms with van der Waals surface area (Å²) in [6.45, 7) is 0. The molecule has 20 heavy (non-hydrogen) atoms. The predicted octanol–water partition coefficient (Wildman–Crippen LogP) is 4.26. The summed E-state index contributed by atoms with van der Waals surface area (Å²) in [5, 5.41) is 13.6. The highest BCUT2D eigenvalue weighted by molar-refractivity contribution is 9.10. The van der Waals surface area contributed by atoms with Gasteiger partial charge in [0.05, 0.1) is 15.6 Å². The molecule has 5 nitrogen and oxygen atoms in total. The van der Waals surface area contributed by atoms with Crippen LogP contribution in [-0.4, -0.2) is 10.8 Å². The summed E-state index contributed by atoms with van der Waals surface area (Å²) >= 11 is 9.25. The number of anilines is 1. The Kier molecular flexibility index (Phi) is 4.36. The normalized spacial score (nSPS) is 10.1. The molecule has 0 radical (unpaired) electrons. The topological polar surface area (TPSA) is 72.2 Å². The van der Waals surface area contributed by atoms with Crippen molar-refractivity contribution in [2.45, 2.75) is 0 Å². The molecule has 1 N–H and O–H groups in total. The average molecular weight is 356 g/mol. The van der Waals surface area contributed by atoms with Crippen molar-refractivity contribution in [3.63, 3.8) is 0 Å². The molecular weight excluding hydrogens is 348 g/mol. The second-order valence-corrected chi connectivity index (χ2v) is 5.21. The van der Waals surface area contributed by atoms with E-state index in [4.69, 9.17) is 11.6 Å². The first-order valence-electron chi connectivity index (χ1n) is 5.48. The van der Waals surface area contributed by atoms with Gasteiger partial charge in [0.1, 0.15) is 0 Å². The molecule has 102 valence electrons. The molecule has 0 fully saturated rings. The third kappa shape index (κ3) is 3.34. The van der Waals surface area contributed by atoms with Gasteiger partial charge in [-0.1, -0.05) is 27.5 Å². The van der Waals surface area contributed by atoms with Crippen molar-refractivity contribution in [2.24, 2.45) is 0 Å². The second kappa shape index (κ2) is 6.02. The molecule has 0 aliphatic carbocycles. The van der Waals surface area contributed by atoms with E-state index < -0.39 is 4.92 Å². The van der Waals surface area contributed by atoms with Gasteiger partial charge < -0.3 is 5.32 Å². The largest absolute Gasteiger partial charge is 0.321 e. The maximum atomic E-state index is 12.0. The van der Waals surface area contributed by atoms with Crippen LogP contribution in [0.25, 0.3) is 0 Å². The number of hydrogen-bond acceptors (Lipinski definition) is 3. The van der Waals surface area contributed by atoms with Gasteiger partial charge in [0.25, 0.3) is 11.6 Å². The zero-order valence-corrected chi connectivity index (χ0v) is 12.3. The van der Waals surface area contributed by atoms with Crippen LogP contribution in [0, 0.1) is 10.1 Å². The summed E-state index contributed by atoms with van der Waals surface area (Å²) in [6, 6.07) is 10.4. The van der Waals surface area contributed by atoms with Gasteiger partial charge >= 0.3 is 0 Å². The van der Waals surface area contributed by atoms with Crippen LogP contribution < -0.4 is 5.32 Å². The third-order valence-electron chi connectivity index (χ3n) is 2.52. The molecule has 0 aliphatic rings. The Labute approximate surface area is 127 Å². The number of carbonyl (C=O) groups is 1. The van der Waals surface area contributed by atoms with Gasteiger partial charge in [-0.3, -0.25) is 14.9 Å². The number of benzene rings is 2. The van der Waals surface area contributed by atoms with E-state index in [0.29, 0.717) is 16.3 Å². The van der Waals surface area contributed by atoms with Gasteiger partial charge in [-0.15, -0.1) is 0 Å². The standard InChI is InChI=1S/C13H8BrClN2O3/c14-9-3-6-11(15)12(7-9)16-13(18)8-1-4-10(5-2-8)17(19)20/h1-7H,(H,16,18). The minimum absolute atomic E-state index is 0.0676. The van der Waals surface area contributed by atoms with E-state index >= 15 is 0 Å². The highest BCUT2D eigenvalue weighted by Crippen LogP contribution is 2.26. The van der Waals surface area contributed by atoms with Gasteiger partial charge in [-0.25, -0.2) is 0 Å². The molecule has 0 unspecified atom stereocenters. The average Bonchev–Trinajstić information content (AvgIpc) is 2.43. The zero-order valence-electron chi connectivity index (χ0n) is 9.97. The molecule has 2 rings (SSSR count). The van der Waals surface area contributed by atoms with Crippen molar-refractivity contribution >= 4 is 44.8 Å². The van der Waals surface area contributed by atoms with Crippen LogP contribution in [0.2, 0.25) is 5.02 Å². The fraction of sp³-hybridized carbons (Fsp3) is 0. The highest BCUT2D eigenvalue weighted by atomic mass is 79.9. The summed E-state index contributed by atoms with van der Waals surface area (Å²) in [7, 11) is 0. The van der Waals surface area contributed by atoms with E-state index in [-0.39, 0.29) is 11.6 Å². The number of non-ortho nitro benzene ring substituents is 1. The van der Waals surface area contributed by atoms with Crippen LogP contribution >= 0.6 is 27.5 Å². The molecule has 0 aromatic heterocycles. The SMILES string of the molecule is O=C(Nc1cc(Br)ccc1Cl)c1ccc([N+](=O)[O-])cc1. The molecule has 0 saturated carbocycles. The summed E-state index contributed by atoms with van der Waals surface area (Å²) in [4.78, 5) is 22.0. The molecular formula is C13H8BrClN2O3. The van der Waals surface area contributed by atoms with Crippen LogP contribution in [-0.2, 0) is 0 Å². The van der Waals surface area contributed by atoms with Gasteiger partial charge in [0, 0.05) is 22.2 Å². The minimum atomic E-state index is -0.521. The number of nitrogens with one attached hydrogen (secondary N) is 1. The summed E-state index contributed by atoms with van der Waals surface area (Å²) in [5.41, 5.74) is 0.707. The van der Waals surface area contributed by atoms with Crippen LogP contribution in [0.5, 0.6) is 0 Å². The number of carbonyl (C=O) groups excluding carboxylic acids is 1. The van der Waals surface area contributed by atoms with Gasteiger partial charge in [-0.2, -0.15) is 0 Å². The third-order valence-corrected chi connectivity index (χ3v) is 3.34. The first kappa shape index (κ1) is 14.5. The van der Waals surface area contributed by atoms with Crippen molar-refractivity contribution in [1.29, 1.82) is 0 Å². The number of rotatable bonds is 3. The maximum absolute atomic E-state index is 12.0. The van der Waals surface area contributed by atoms with Crippen molar-refractivity contribution in [1.82, 2.24) is 0 Å². The lowest BCUT2D eigenvalue weighted by atomic mass is 10.2. The second-order valence-electron chi connectivity index (χ2n) is 3.88. The Morgan fingerprint density at radius 2 is 1.85 bits per heavy atom. The van der Waals surface area contributed by atoms with E-state index in [1.54, 1.807) is 18.2 Å². The quantitative estimate of drug-likeness (QED) is 0.660. The number of halogens is 2. The van der Waals surface area contributed by atoms with E-state index in [1.807, 2.05) is 0 Å². The monoisotopic (exact) mass is 354 g/mol. The van der Waals surface area contributed by atoms with Crippen LogP contribution in [0.15, 0.2) is 46.9 Å². The van der Waals surface area contributed by atoms with Crippen molar-refractivity contribution in [3.8, 4) is 0 Å². The van der Waals surface area contributed by atoms with Gasteiger partial charge in [0.2, 0.25) is 0 Å². The van der Waals surface area contributed by atoms with Crippen molar-refractivity contribution < 1.29 is 9.72 Å². The molecule has 1 amide bonds. The zero-order chi connectivity index (χ0) is 14.7. The number of nitrogens with zero attached hydrogens (tertiary/aromatic N) is 1. The Hall–Kier alpha value is -1.92. The van der Waals surface area contributed by atoms with Gasteiger partial charge in [0.15, 0.2) is 0 Å². The lowest BCUT2D eigenvalue weighted by Gasteiger charge is -2.07. The summed E-state index contributed by atoms with van der Waals surface area (Å²) in [6.07, 6.45) is 0. The Bertz CT molecular complexity index is 674. The lowest BCUT2D eigenvalue weighted by Crippen LogP contribution is -2.12. The van der Waals surface area contributed by atoms with Crippen molar-refractivity contribution in [2.75, 3.05) is 5.32 Å². The molecule has 0 bridgehead atoms. The molecule has 2 aromatic rings. The Morgan fingerprint density at radius 3 is 2.45 bits per heavy atom. The first-order chi connectivity index (χ1) is 9.47.